The van der Waals surface area contributed by atoms with Gasteiger partial charge in [0, 0.05) is 16.2 Å². The zero-order chi connectivity index (χ0) is 15.4. The Kier molecular flexibility index (Phi) is 4.54. The second kappa shape index (κ2) is 6.36. The molecule has 1 heterocycles. The number of carbonyl (C=O) groups excluding carboxylic acids is 1. The van der Waals surface area contributed by atoms with Gasteiger partial charge in [0.15, 0.2) is 5.84 Å². The van der Waals surface area contributed by atoms with Crippen molar-refractivity contribution in [3.63, 3.8) is 0 Å². The van der Waals surface area contributed by atoms with Crippen molar-refractivity contribution in [1.29, 1.82) is 0 Å². The highest BCUT2D eigenvalue weighted by Crippen LogP contribution is 2.23. The molecule has 1 amide bonds. The molecule has 21 heavy (non-hydrogen) atoms. The van der Waals surface area contributed by atoms with Crippen LogP contribution >= 0.6 is 15.9 Å². The van der Waals surface area contributed by atoms with Crippen LogP contribution in [0, 0.1) is 6.92 Å². The average molecular weight is 349 g/mol. The number of oxime groups is 1. The average Bonchev–Trinajstić information content (AvgIpc) is 2.50. The first-order chi connectivity index (χ1) is 10.0. The second-order valence-corrected chi connectivity index (χ2v) is 5.21. The number of carbonyl (C=O) groups is 1. The highest BCUT2D eigenvalue weighted by atomic mass is 79.9. The van der Waals surface area contributed by atoms with Crippen molar-refractivity contribution in [1.82, 2.24) is 4.98 Å². The molecule has 0 aliphatic carbocycles. The van der Waals surface area contributed by atoms with Crippen LogP contribution in [0.3, 0.4) is 0 Å². The Morgan fingerprint density at radius 1 is 1.38 bits per heavy atom. The molecule has 0 radical (unpaired) electrons. The molecule has 7 heteroatoms. The summed E-state index contributed by atoms with van der Waals surface area (Å²) in [4.78, 5) is 16.1. The number of rotatable bonds is 3. The zero-order valence-electron chi connectivity index (χ0n) is 11.2. The van der Waals surface area contributed by atoms with Crippen molar-refractivity contribution < 1.29 is 10.0 Å². The van der Waals surface area contributed by atoms with E-state index < -0.39 is 0 Å². The van der Waals surface area contributed by atoms with Gasteiger partial charge in [-0.05, 0) is 52.7 Å². The number of anilines is 1. The van der Waals surface area contributed by atoms with Crippen molar-refractivity contribution >= 4 is 33.4 Å². The summed E-state index contributed by atoms with van der Waals surface area (Å²) in [7, 11) is 0. The van der Waals surface area contributed by atoms with Gasteiger partial charge in [-0.1, -0.05) is 11.2 Å². The molecule has 4 N–H and O–H groups in total. The number of aryl methyl sites for hydroxylation is 1. The van der Waals surface area contributed by atoms with Gasteiger partial charge in [-0.3, -0.25) is 9.78 Å². The number of benzene rings is 1. The van der Waals surface area contributed by atoms with Crippen molar-refractivity contribution in [2.45, 2.75) is 6.92 Å². The Hall–Kier alpha value is -2.41. The maximum atomic E-state index is 12.1. The highest BCUT2D eigenvalue weighted by molar-refractivity contribution is 9.10. The quantitative estimate of drug-likeness (QED) is 0.343. The third-order valence-corrected chi connectivity index (χ3v) is 3.46. The number of nitrogens with zero attached hydrogens (tertiary/aromatic N) is 2. The third kappa shape index (κ3) is 3.57. The van der Waals surface area contributed by atoms with E-state index in [1.165, 1.54) is 12.3 Å². The first-order valence-corrected chi connectivity index (χ1v) is 6.82. The number of nitrogens with one attached hydrogen (secondary N) is 1. The highest BCUT2D eigenvalue weighted by Gasteiger charge is 2.10. The van der Waals surface area contributed by atoms with E-state index in [0.29, 0.717) is 11.3 Å². The fraction of sp³-hybridized carbons (Fsp3) is 0.0714. The maximum absolute atomic E-state index is 12.1. The van der Waals surface area contributed by atoms with Crippen LogP contribution in [0.1, 0.15) is 21.6 Å². The molecule has 0 spiro atoms. The fourth-order valence-electron chi connectivity index (χ4n) is 1.66. The molecule has 0 saturated heterocycles. The van der Waals surface area contributed by atoms with E-state index in [-0.39, 0.29) is 17.4 Å². The molecule has 0 fully saturated rings. The molecular formula is C14H13BrN4O2. The van der Waals surface area contributed by atoms with Gasteiger partial charge in [0.05, 0.1) is 5.69 Å². The largest absolute Gasteiger partial charge is 0.409 e. The lowest BCUT2D eigenvalue weighted by Crippen LogP contribution is -2.17. The summed E-state index contributed by atoms with van der Waals surface area (Å²) in [6.07, 6.45) is 1.37. The van der Waals surface area contributed by atoms with Crippen LogP contribution in [0.15, 0.2) is 46.2 Å². The summed E-state index contributed by atoms with van der Waals surface area (Å²) < 4.78 is 0.787. The third-order valence-electron chi connectivity index (χ3n) is 2.77. The molecule has 6 nitrogen and oxygen atoms in total. The predicted molar refractivity (Wildman–Crippen MR) is 83.6 cm³/mol. The van der Waals surface area contributed by atoms with Crippen molar-refractivity contribution in [3.8, 4) is 0 Å². The zero-order valence-corrected chi connectivity index (χ0v) is 12.8. The summed E-state index contributed by atoms with van der Waals surface area (Å²) >= 11 is 3.38. The molecule has 0 bridgehead atoms. The van der Waals surface area contributed by atoms with Crippen LogP contribution in [0.5, 0.6) is 0 Å². The van der Waals surface area contributed by atoms with Gasteiger partial charge in [0.2, 0.25) is 0 Å². The molecule has 1 aromatic heterocycles. The normalized spacial score (nSPS) is 11.2. The fourth-order valence-corrected chi connectivity index (χ4v) is 2.00. The molecule has 1 aromatic carbocycles. The molecular weight excluding hydrogens is 336 g/mol. The van der Waals surface area contributed by atoms with Crippen LogP contribution in [0.4, 0.5) is 5.69 Å². The topological polar surface area (TPSA) is 101 Å². The smallest absolute Gasteiger partial charge is 0.274 e. The number of hydrogen-bond acceptors (Lipinski definition) is 4. The standard InChI is InChI=1S/C14H13BrN4O2/c1-8-2-4-10(15)12(6-8)18-14(20)11-5-3-9(7-17-11)13(16)19-21/h2-7,21H,1H3,(H2,16,19)(H,18,20). The van der Waals surface area contributed by atoms with Crippen molar-refractivity contribution in [2.24, 2.45) is 10.9 Å². The number of hydrogen-bond donors (Lipinski definition) is 3. The summed E-state index contributed by atoms with van der Waals surface area (Å²) in [6, 6.07) is 8.71. The number of halogens is 1. The molecule has 2 aromatic rings. The molecule has 0 unspecified atom stereocenters. The summed E-state index contributed by atoms with van der Waals surface area (Å²) in [5, 5.41) is 14.2. The molecule has 2 rings (SSSR count). The van der Waals surface area contributed by atoms with E-state index in [1.54, 1.807) is 6.07 Å². The van der Waals surface area contributed by atoms with Crippen LogP contribution in [-0.4, -0.2) is 21.9 Å². The monoisotopic (exact) mass is 348 g/mol. The van der Waals surface area contributed by atoms with E-state index >= 15 is 0 Å². The molecule has 0 aliphatic rings. The Morgan fingerprint density at radius 2 is 2.14 bits per heavy atom. The first kappa shape index (κ1) is 15.0. The predicted octanol–water partition coefficient (Wildman–Crippen LogP) is 2.50. The Bertz CT molecular complexity index is 699. The number of pyridine rings is 1. The number of amidine groups is 1. The van der Waals surface area contributed by atoms with Gasteiger partial charge < -0.3 is 16.3 Å². The number of nitrogens with two attached hydrogens (primary N) is 1. The summed E-state index contributed by atoms with van der Waals surface area (Å²) in [6.45, 7) is 1.94. The van der Waals surface area contributed by atoms with E-state index in [0.717, 1.165) is 10.0 Å². The van der Waals surface area contributed by atoms with Gasteiger partial charge in [-0.2, -0.15) is 0 Å². The Morgan fingerprint density at radius 3 is 2.76 bits per heavy atom. The van der Waals surface area contributed by atoms with Gasteiger partial charge >= 0.3 is 0 Å². The lowest BCUT2D eigenvalue weighted by Gasteiger charge is -2.08. The molecule has 108 valence electrons. The molecule has 0 aliphatic heterocycles. The van der Waals surface area contributed by atoms with Crippen molar-refractivity contribution in [2.75, 3.05) is 5.32 Å². The second-order valence-electron chi connectivity index (χ2n) is 4.35. The minimum atomic E-state index is -0.340. The summed E-state index contributed by atoms with van der Waals surface area (Å²) in [5.74, 6) is -0.400. The maximum Gasteiger partial charge on any atom is 0.274 e. The van der Waals surface area contributed by atoms with E-state index in [4.69, 9.17) is 10.9 Å². The van der Waals surface area contributed by atoms with E-state index in [9.17, 15) is 4.79 Å². The lowest BCUT2D eigenvalue weighted by molar-refractivity contribution is 0.102. The van der Waals surface area contributed by atoms with Gasteiger partial charge in [0.1, 0.15) is 5.69 Å². The number of aromatic nitrogens is 1. The van der Waals surface area contributed by atoms with E-state index in [1.807, 2.05) is 25.1 Å². The van der Waals surface area contributed by atoms with E-state index in [2.05, 4.69) is 31.4 Å². The first-order valence-electron chi connectivity index (χ1n) is 6.02. The van der Waals surface area contributed by atoms with Crippen LogP contribution in [0.2, 0.25) is 0 Å². The van der Waals surface area contributed by atoms with Crippen LogP contribution in [-0.2, 0) is 0 Å². The lowest BCUT2D eigenvalue weighted by atomic mass is 10.2. The minimum Gasteiger partial charge on any atom is -0.409 e. The minimum absolute atomic E-state index is 0.0594. The molecule has 0 saturated carbocycles. The van der Waals surface area contributed by atoms with Gasteiger partial charge in [0.25, 0.3) is 5.91 Å². The van der Waals surface area contributed by atoms with Crippen LogP contribution < -0.4 is 11.1 Å². The van der Waals surface area contributed by atoms with Crippen LogP contribution in [0.25, 0.3) is 0 Å². The Labute approximate surface area is 129 Å². The summed E-state index contributed by atoms with van der Waals surface area (Å²) in [5.41, 5.74) is 7.80. The van der Waals surface area contributed by atoms with Gasteiger partial charge in [-0.15, -0.1) is 0 Å². The van der Waals surface area contributed by atoms with Crippen molar-refractivity contribution in [3.05, 3.63) is 57.8 Å². The van der Waals surface area contributed by atoms with Gasteiger partial charge in [-0.25, -0.2) is 0 Å². The number of amides is 1. The molecule has 0 atom stereocenters. The SMILES string of the molecule is Cc1ccc(Br)c(NC(=O)c2ccc(/C(N)=N/O)cn2)c1. The Balaban J connectivity index is 2.19.